The van der Waals surface area contributed by atoms with Gasteiger partial charge in [0.25, 0.3) is 11.8 Å². The molecule has 1 atom stereocenters. The lowest BCUT2D eigenvalue weighted by Crippen LogP contribution is -2.32. The number of fused-ring (bicyclic) bond motifs is 1. The van der Waals surface area contributed by atoms with Crippen molar-refractivity contribution in [2.45, 2.75) is 45.3 Å². The predicted molar refractivity (Wildman–Crippen MR) is 115 cm³/mol. The molecule has 162 valence electrons. The number of anilines is 1. The van der Waals surface area contributed by atoms with E-state index in [2.05, 4.69) is 11.9 Å². The molecule has 0 radical (unpaired) electrons. The zero-order valence-electron chi connectivity index (χ0n) is 17.8. The van der Waals surface area contributed by atoms with E-state index in [1.807, 2.05) is 23.1 Å². The summed E-state index contributed by atoms with van der Waals surface area (Å²) in [5.41, 5.74) is 2.48. The van der Waals surface area contributed by atoms with Gasteiger partial charge in [-0.2, -0.15) is 0 Å². The molecular weight excluding hydrogens is 394 g/mol. The molecule has 0 bridgehead atoms. The predicted octanol–water partition coefficient (Wildman–Crippen LogP) is 3.42. The van der Waals surface area contributed by atoms with Crippen LogP contribution in [-0.4, -0.2) is 47.5 Å². The molecule has 5 rings (SSSR count). The fourth-order valence-electron chi connectivity index (χ4n) is 4.16. The van der Waals surface area contributed by atoms with Crippen LogP contribution in [0.4, 0.5) is 5.69 Å². The number of benzene rings is 1. The average Bonchev–Trinajstić information content (AvgIpc) is 3.48. The number of ether oxygens (including phenoxy) is 2. The molecule has 1 saturated carbocycles. The molecule has 1 unspecified atom stereocenters. The van der Waals surface area contributed by atoms with Crippen molar-refractivity contribution < 1.29 is 19.1 Å². The summed E-state index contributed by atoms with van der Waals surface area (Å²) in [7, 11) is 0. The molecule has 31 heavy (non-hydrogen) atoms. The fraction of sp³-hybridized carbons (Fsp3) is 0.458. The monoisotopic (exact) mass is 421 g/mol. The van der Waals surface area contributed by atoms with Crippen molar-refractivity contribution in [3.63, 3.8) is 0 Å². The highest BCUT2D eigenvalue weighted by Gasteiger charge is 2.36. The Balaban J connectivity index is 1.23. The highest BCUT2D eigenvalue weighted by atomic mass is 16.5. The number of hydrogen-bond donors (Lipinski definition) is 0. The molecule has 0 spiro atoms. The van der Waals surface area contributed by atoms with Gasteiger partial charge in [0.2, 0.25) is 5.88 Å². The molecule has 1 aromatic heterocycles. The third-order valence-electron chi connectivity index (χ3n) is 6.09. The first-order chi connectivity index (χ1) is 15.1. The summed E-state index contributed by atoms with van der Waals surface area (Å²) < 4.78 is 11.6. The summed E-state index contributed by atoms with van der Waals surface area (Å²) in [5, 5.41) is 0. The third kappa shape index (κ3) is 4.09. The van der Waals surface area contributed by atoms with E-state index in [4.69, 9.17) is 9.47 Å². The molecule has 7 heteroatoms. The van der Waals surface area contributed by atoms with Crippen LogP contribution in [0, 0.1) is 5.92 Å². The van der Waals surface area contributed by atoms with E-state index < -0.39 is 6.10 Å². The first-order valence-corrected chi connectivity index (χ1v) is 11.1. The summed E-state index contributed by atoms with van der Waals surface area (Å²) in [5.74, 6) is 1.76. The number of amides is 2. The Hall–Kier alpha value is -3.09. The largest absolute Gasteiger partial charge is 0.479 e. The van der Waals surface area contributed by atoms with Gasteiger partial charge in [-0.15, -0.1) is 0 Å². The first-order valence-electron chi connectivity index (χ1n) is 11.1. The van der Waals surface area contributed by atoms with Crippen molar-refractivity contribution in [1.29, 1.82) is 0 Å². The summed E-state index contributed by atoms with van der Waals surface area (Å²) in [4.78, 5) is 33.5. The number of rotatable bonds is 8. The van der Waals surface area contributed by atoms with E-state index in [0.29, 0.717) is 49.2 Å². The van der Waals surface area contributed by atoms with Crippen LogP contribution in [0.15, 0.2) is 36.5 Å². The number of carbonyl (C=O) groups is 2. The van der Waals surface area contributed by atoms with E-state index in [9.17, 15) is 9.59 Å². The molecule has 7 nitrogen and oxygen atoms in total. The molecule has 1 aromatic carbocycles. The molecule has 1 saturated heterocycles. The highest BCUT2D eigenvalue weighted by Crippen LogP contribution is 2.31. The lowest BCUT2D eigenvalue weighted by atomic mass is 10.1. The highest BCUT2D eigenvalue weighted by molar-refractivity contribution is 6.02. The molecule has 0 N–H and O–H groups in total. The Morgan fingerprint density at radius 1 is 1.13 bits per heavy atom. The van der Waals surface area contributed by atoms with E-state index in [1.165, 1.54) is 12.8 Å². The van der Waals surface area contributed by atoms with Gasteiger partial charge in [0.15, 0.2) is 6.10 Å². The van der Waals surface area contributed by atoms with Crippen LogP contribution in [0.1, 0.15) is 48.5 Å². The van der Waals surface area contributed by atoms with Crippen LogP contribution in [0.3, 0.4) is 0 Å². The molecule has 3 heterocycles. The standard InChI is InChI=1S/C24H27N3O4/c1-2-10-26-14-17-5-6-18(12-20(17)23(26)28)27-11-9-21(24(27)29)31-19-7-8-22(25-13-19)30-15-16-3-4-16/h5-8,12-13,16,21H,2-4,9-11,14-15H2,1H3. The number of carbonyl (C=O) groups excluding carboxylic acids is 2. The average molecular weight is 421 g/mol. The van der Waals surface area contributed by atoms with Crippen molar-refractivity contribution in [1.82, 2.24) is 9.88 Å². The number of pyridine rings is 1. The molecule has 2 aromatic rings. The zero-order valence-corrected chi connectivity index (χ0v) is 17.8. The van der Waals surface area contributed by atoms with Crippen molar-refractivity contribution in [3.05, 3.63) is 47.7 Å². The van der Waals surface area contributed by atoms with Gasteiger partial charge >= 0.3 is 0 Å². The normalized spacial score (nSPS) is 20.4. The summed E-state index contributed by atoms with van der Waals surface area (Å²) in [6.07, 6.45) is 5.03. The van der Waals surface area contributed by atoms with Crippen molar-refractivity contribution in [2.24, 2.45) is 5.92 Å². The minimum absolute atomic E-state index is 0.0493. The zero-order chi connectivity index (χ0) is 21.4. The third-order valence-corrected chi connectivity index (χ3v) is 6.09. The smallest absolute Gasteiger partial charge is 0.268 e. The summed E-state index contributed by atoms with van der Waals surface area (Å²) in [6.45, 7) is 4.73. The fourth-order valence-corrected chi connectivity index (χ4v) is 4.16. The van der Waals surface area contributed by atoms with Crippen LogP contribution in [0.2, 0.25) is 0 Å². The van der Waals surface area contributed by atoms with Gasteiger partial charge in [-0.1, -0.05) is 13.0 Å². The second-order valence-electron chi connectivity index (χ2n) is 8.54. The van der Waals surface area contributed by atoms with Crippen molar-refractivity contribution in [2.75, 3.05) is 24.6 Å². The minimum atomic E-state index is -0.555. The van der Waals surface area contributed by atoms with Gasteiger partial charge in [0.1, 0.15) is 5.75 Å². The van der Waals surface area contributed by atoms with Crippen molar-refractivity contribution in [3.8, 4) is 11.6 Å². The van der Waals surface area contributed by atoms with E-state index in [-0.39, 0.29) is 11.8 Å². The van der Waals surface area contributed by atoms with Crippen LogP contribution < -0.4 is 14.4 Å². The van der Waals surface area contributed by atoms with Crippen LogP contribution in [-0.2, 0) is 11.3 Å². The van der Waals surface area contributed by atoms with E-state index >= 15 is 0 Å². The topological polar surface area (TPSA) is 72.0 Å². The quantitative estimate of drug-likeness (QED) is 0.653. The van der Waals surface area contributed by atoms with Gasteiger partial charge in [-0.3, -0.25) is 9.59 Å². The van der Waals surface area contributed by atoms with Gasteiger partial charge in [-0.05, 0) is 48.9 Å². The molecule has 2 aliphatic heterocycles. The molecular formula is C24H27N3O4. The lowest BCUT2D eigenvalue weighted by Gasteiger charge is -2.18. The molecule has 1 aliphatic carbocycles. The number of aromatic nitrogens is 1. The SMILES string of the molecule is CCCN1Cc2ccc(N3CCC(Oc4ccc(OCC5CC5)nc4)C3=O)cc2C1=O. The Kier molecular flexibility index (Phi) is 5.26. The first kappa shape index (κ1) is 19.8. The van der Waals surface area contributed by atoms with Gasteiger partial charge in [0, 0.05) is 43.4 Å². The van der Waals surface area contributed by atoms with E-state index in [0.717, 1.165) is 24.2 Å². The Labute approximate surface area is 182 Å². The Morgan fingerprint density at radius 2 is 2.00 bits per heavy atom. The Bertz CT molecular complexity index is 987. The van der Waals surface area contributed by atoms with Gasteiger partial charge < -0.3 is 19.3 Å². The molecule has 3 aliphatic rings. The van der Waals surface area contributed by atoms with Crippen LogP contribution >= 0.6 is 0 Å². The van der Waals surface area contributed by atoms with Gasteiger partial charge in [-0.25, -0.2) is 4.98 Å². The molecule has 2 fully saturated rings. The maximum Gasteiger partial charge on any atom is 0.268 e. The second-order valence-corrected chi connectivity index (χ2v) is 8.54. The van der Waals surface area contributed by atoms with Gasteiger partial charge in [0.05, 0.1) is 12.8 Å². The maximum absolute atomic E-state index is 13.0. The number of hydrogen-bond acceptors (Lipinski definition) is 5. The molecule has 2 amide bonds. The Morgan fingerprint density at radius 3 is 2.74 bits per heavy atom. The number of nitrogens with zero attached hydrogens (tertiary/aromatic N) is 3. The minimum Gasteiger partial charge on any atom is -0.479 e. The van der Waals surface area contributed by atoms with E-state index in [1.54, 1.807) is 23.2 Å². The van der Waals surface area contributed by atoms with Crippen molar-refractivity contribution >= 4 is 17.5 Å². The van der Waals surface area contributed by atoms with Crippen LogP contribution in [0.25, 0.3) is 0 Å². The van der Waals surface area contributed by atoms with Crippen LogP contribution in [0.5, 0.6) is 11.6 Å². The summed E-state index contributed by atoms with van der Waals surface area (Å²) >= 11 is 0. The summed E-state index contributed by atoms with van der Waals surface area (Å²) in [6, 6.07) is 9.31. The second kappa shape index (κ2) is 8.21. The lowest BCUT2D eigenvalue weighted by molar-refractivity contribution is -0.122. The maximum atomic E-state index is 13.0.